The fraction of sp³-hybridized carbons (Fsp3) is 0.556. The molecule has 0 saturated heterocycles. The van der Waals surface area contributed by atoms with Crippen LogP contribution >= 0.6 is 0 Å². The summed E-state index contributed by atoms with van der Waals surface area (Å²) >= 11 is 0. The number of amides is 1. The second-order valence-corrected chi connectivity index (χ2v) is 6.89. The molecule has 0 aliphatic heterocycles. The molecular weight excluding hydrogens is 310 g/mol. The fourth-order valence-electron chi connectivity index (χ4n) is 2.09. The molecule has 1 aromatic carbocycles. The van der Waals surface area contributed by atoms with Gasteiger partial charge in [0.05, 0.1) is 6.10 Å². The Bertz CT molecular complexity index is 563. The lowest BCUT2D eigenvalue weighted by molar-refractivity contribution is -0.153. The predicted molar refractivity (Wildman–Crippen MR) is 90.9 cm³/mol. The number of carbonyl (C=O) groups excluding carboxylic acids is 1. The average Bonchev–Trinajstić information content (AvgIpc) is 2.42. The summed E-state index contributed by atoms with van der Waals surface area (Å²) in [6, 6.07) is 7.39. The van der Waals surface area contributed by atoms with Crippen LogP contribution in [0.5, 0.6) is 0 Å². The molecule has 1 aromatic rings. The molecule has 0 heterocycles. The van der Waals surface area contributed by atoms with Crippen molar-refractivity contribution in [2.24, 2.45) is 0 Å². The van der Waals surface area contributed by atoms with Gasteiger partial charge in [0.25, 0.3) is 0 Å². The van der Waals surface area contributed by atoms with Crippen LogP contribution in [0.3, 0.4) is 0 Å². The van der Waals surface area contributed by atoms with E-state index in [1.165, 1.54) is 0 Å². The molecule has 0 aliphatic carbocycles. The smallest absolute Gasteiger partial charge is 0.407 e. The molecule has 1 amide bonds. The second kappa shape index (κ2) is 8.68. The number of nitrogens with one attached hydrogen (secondary N) is 1. The van der Waals surface area contributed by atoms with Gasteiger partial charge >= 0.3 is 12.1 Å². The molecule has 6 heteroatoms. The highest BCUT2D eigenvalue weighted by Crippen LogP contribution is 2.12. The third-order valence-corrected chi connectivity index (χ3v) is 2.96. The summed E-state index contributed by atoms with van der Waals surface area (Å²) < 4.78 is 10.6. The fourth-order valence-corrected chi connectivity index (χ4v) is 2.09. The maximum atomic E-state index is 11.7. The number of benzene rings is 1. The lowest BCUT2D eigenvalue weighted by Crippen LogP contribution is -2.32. The van der Waals surface area contributed by atoms with Crippen LogP contribution in [0, 0.1) is 0 Å². The van der Waals surface area contributed by atoms with Crippen molar-refractivity contribution in [3.8, 4) is 0 Å². The summed E-state index contributed by atoms with van der Waals surface area (Å²) in [4.78, 5) is 22.9. The Kier molecular flexibility index (Phi) is 7.22. The molecule has 134 valence electrons. The SMILES string of the molecule is CC(C)OC(Cc1cccc(CNC(=O)OC(C)(C)C)c1)C(=O)O. The highest BCUT2D eigenvalue weighted by atomic mass is 16.6. The maximum absolute atomic E-state index is 11.7. The van der Waals surface area contributed by atoms with Crippen LogP contribution in [0.2, 0.25) is 0 Å². The molecule has 24 heavy (non-hydrogen) atoms. The maximum Gasteiger partial charge on any atom is 0.407 e. The molecule has 0 aliphatic rings. The zero-order valence-electron chi connectivity index (χ0n) is 15.0. The van der Waals surface area contributed by atoms with E-state index < -0.39 is 23.8 Å². The molecule has 0 fully saturated rings. The number of carbonyl (C=O) groups is 2. The first-order chi connectivity index (χ1) is 11.1. The molecule has 0 aromatic heterocycles. The van der Waals surface area contributed by atoms with E-state index in [2.05, 4.69) is 5.32 Å². The van der Waals surface area contributed by atoms with Crippen molar-refractivity contribution in [3.63, 3.8) is 0 Å². The lowest BCUT2D eigenvalue weighted by Gasteiger charge is -2.20. The molecule has 1 atom stereocenters. The van der Waals surface area contributed by atoms with Gasteiger partial charge in [-0.2, -0.15) is 0 Å². The molecule has 2 N–H and O–H groups in total. The number of alkyl carbamates (subject to hydrolysis) is 1. The zero-order valence-corrected chi connectivity index (χ0v) is 15.0. The Morgan fingerprint density at radius 1 is 1.21 bits per heavy atom. The minimum atomic E-state index is -0.985. The quantitative estimate of drug-likeness (QED) is 0.798. The standard InChI is InChI=1S/C18H27NO5/c1-12(2)23-15(16(20)21)10-13-7-6-8-14(9-13)11-19-17(22)24-18(3,4)5/h6-9,12,15H,10-11H2,1-5H3,(H,19,22)(H,20,21). The van der Waals surface area contributed by atoms with Crippen molar-refractivity contribution in [2.75, 3.05) is 0 Å². The Labute approximate surface area is 143 Å². The molecule has 0 saturated carbocycles. The number of aliphatic carboxylic acids is 1. The highest BCUT2D eigenvalue weighted by Gasteiger charge is 2.20. The van der Waals surface area contributed by atoms with Crippen molar-refractivity contribution in [2.45, 2.75) is 65.4 Å². The van der Waals surface area contributed by atoms with E-state index in [0.29, 0.717) is 6.54 Å². The minimum Gasteiger partial charge on any atom is -0.479 e. The average molecular weight is 337 g/mol. The van der Waals surface area contributed by atoms with Crippen molar-refractivity contribution < 1.29 is 24.2 Å². The normalized spacial score (nSPS) is 12.8. The Hall–Kier alpha value is -2.08. The molecule has 0 spiro atoms. The van der Waals surface area contributed by atoms with Gasteiger partial charge in [0, 0.05) is 13.0 Å². The summed E-state index contributed by atoms with van der Waals surface area (Å²) in [6.45, 7) is 9.32. The third-order valence-electron chi connectivity index (χ3n) is 2.96. The summed E-state index contributed by atoms with van der Waals surface area (Å²) in [5.74, 6) is -0.985. The van der Waals surface area contributed by atoms with Crippen molar-refractivity contribution in [1.29, 1.82) is 0 Å². The monoisotopic (exact) mass is 337 g/mol. The van der Waals surface area contributed by atoms with Gasteiger partial charge in [-0.05, 0) is 45.7 Å². The molecule has 6 nitrogen and oxygen atoms in total. The van der Waals surface area contributed by atoms with E-state index in [9.17, 15) is 14.7 Å². The summed E-state index contributed by atoms with van der Waals surface area (Å²) in [6.07, 6.45) is -1.27. The van der Waals surface area contributed by atoms with Crippen LogP contribution in [0.15, 0.2) is 24.3 Å². The predicted octanol–water partition coefficient (Wildman–Crippen LogP) is 3.13. The second-order valence-electron chi connectivity index (χ2n) is 6.89. The molecule has 1 rings (SSSR count). The Morgan fingerprint density at radius 2 is 1.83 bits per heavy atom. The van der Waals surface area contributed by atoms with Gasteiger partial charge in [-0.25, -0.2) is 9.59 Å². The zero-order chi connectivity index (χ0) is 18.3. The van der Waals surface area contributed by atoms with Gasteiger partial charge in [0.15, 0.2) is 6.10 Å². The number of carboxylic acid groups (broad SMARTS) is 1. The summed E-state index contributed by atoms with van der Waals surface area (Å²) in [7, 11) is 0. The Balaban J connectivity index is 2.66. The van der Waals surface area contributed by atoms with Crippen molar-refractivity contribution >= 4 is 12.1 Å². The van der Waals surface area contributed by atoms with Crippen molar-refractivity contribution in [1.82, 2.24) is 5.32 Å². The van der Waals surface area contributed by atoms with Gasteiger partial charge in [0.1, 0.15) is 5.60 Å². The number of ether oxygens (including phenoxy) is 2. The van der Waals surface area contributed by atoms with Crippen molar-refractivity contribution in [3.05, 3.63) is 35.4 Å². The van der Waals surface area contributed by atoms with Gasteiger partial charge in [-0.1, -0.05) is 24.3 Å². The van der Waals surface area contributed by atoms with Gasteiger partial charge in [-0.3, -0.25) is 0 Å². The topological polar surface area (TPSA) is 84.9 Å². The van der Waals surface area contributed by atoms with E-state index in [4.69, 9.17) is 9.47 Å². The molecular formula is C18H27NO5. The van der Waals surface area contributed by atoms with E-state index in [1.807, 2.05) is 24.3 Å². The number of carboxylic acids is 1. The number of rotatable bonds is 7. The first-order valence-corrected chi connectivity index (χ1v) is 8.00. The van der Waals surface area contributed by atoms with Crippen LogP contribution in [0.25, 0.3) is 0 Å². The highest BCUT2D eigenvalue weighted by molar-refractivity contribution is 5.72. The van der Waals surface area contributed by atoms with E-state index in [0.717, 1.165) is 11.1 Å². The number of hydrogen-bond donors (Lipinski definition) is 2. The van der Waals surface area contributed by atoms with E-state index >= 15 is 0 Å². The molecule has 0 bridgehead atoms. The largest absolute Gasteiger partial charge is 0.479 e. The van der Waals surface area contributed by atoms with Gasteiger partial charge < -0.3 is 19.9 Å². The van der Waals surface area contributed by atoms with Crippen LogP contribution in [-0.2, 0) is 27.2 Å². The molecule has 0 radical (unpaired) electrons. The van der Waals surface area contributed by atoms with Crippen LogP contribution in [0.1, 0.15) is 45.7 Å². The molecule has 1 unspecified atom stereocenters. The first-order valence-electron chi connectivity index (χ1n) is 8.00. The van der Waals surface area contributed by atoms with E-state index in [1.54, 1.807) is 34.6 Å². The first kappa shape index (κ1) is 20.0. The van der Waals surface area contributed by atoms with Crippen LogP contribution in [-0.4, -0.2) is 35.0 Å². The number of hydrogen-bond acceptors (Lipinski definition) is 4. The lowest BCUT2D eigenvalue weighted by atomic mass is 10.0. The summed E-state index contributed by atoms with van der Waals surface area (Å²) in [5, 5.41) is 11.9. The van der Waals surface area contributed by atoms with Crippen LogP contribution in [0.4, 0.5) is 4.79 Å². The Morgan fingerprint density at radius 3 is 2.38 bits per heavy atom. The summed E-state index contributed by atoms with van der Waals surface area (Å²) in [5.41, 5.74) is 1.16. The van der Waals surface area contributed by atoms with E-state index in [-0.39, 0.29) is 12.5 Å². The van der Waals surface area contributed by atoms with Gasteiger partial charge in [0.2, 0.25) is 0 Å². The van der Waals surface area contributed by atoms with Gasteiger partial charge in [-0.15, -0.1) is 0 Å². The van der Waals surface area contributed by atoms with Crippen LogP contribution < -0.4 is 5.32 Å². The third kappa shape index (κ3) is 7.97. The minimum absolute atomic E-state index is 0.164.